The molecule has 1 heterocycles. The summed E-state index contributed by atoms with van der Waals surface area (Å²) in [5.74, 6) is 1.76. The third kappa shape index (κ3) is 6.28. The molecule has 3 aromatic rings. The zero-order valence-corrected chi connectivity index (χ0v) is 19.6. The van der Waals surface area contributed by atoms with Crippen molar-refractivity contribution in [2.75, 3.05) is 11.1 Å². The average Bonchev–Trinajstić information content (AvgIpc) is 3.04. The first-order valence-electron chi connectivity index (χ1n) is 8.61. The molecule has 1 N–H and O–H groups in total. The molecule has 0 aliphatic rings. The second kappa shape index (κ2) is 10.7. The molecule has 1 aromatic heterocycles. The molecule has 0 aliphatic heterocycles. The van der Waals surface area contributed by atoms with Crippen molar-refractivity contribution in [3.05, 3.63) is 68.7 Å². The molecule has 5 nitrogen and oxygen atoms in total. The normalized spacial score (nSPS) is 11.0. The third-order valence-electron chi connectivity index (χ3n) is 3.94. The van der Waals surface area contributed by atoms with Gasteiger partial charge in [0.05, 0.1) is 27.2 Å². The number of halogens is 4. The van der Waals surface area contributed by atoms with Gasteiger partial charge in [0.2, 0.25) is 5.91 Å². The average molecular weight is 506 g/mol. The highest BCUT2D eigenvalue weighted by Gasteiger charge is 2.14. The summed E-state index contributed by atoms with van der Waals surface area (Å²) in [5, 5.41) is 12.6. The minimum Gasteiger partial charge on any atom is -0.323 e. The van der Waals surface area contributed by atoms with Gasteiger partial charge in [-0.05, 0) is 29.8 Å². The molecule has 158 valence electrons. The molecule has 3 rings (SSSR count). The number of amides is 1. The first-order chi connectivity index (χ1) is 14.3. The molecular formula is C19H16Cl3FN4OS2. The van der Waals surface area contributed by atoms with Crippen LogP contribution in [0.5, 0.6) is 0 Å². The Bertz CT molecular complexity index is 1020. The van der Waals surface area contributed by atoms with Crippen molar-refractivity contribution in [2.45, 2.75) is 16.7 Å². The van der Waals surface area contributed by atoms with Gasteiger partial charge >= 0.3 is 0 Å². The lowest BCUT2D eigenvalue weighted by Gasteiger charge is -2.09. The van der Waals surface area contributed by atoms with Crippen molar-refractivity contribution in [2.24, 2.45) is 7.05 Å². The summed E-state index contributed by atoms with van der Waals surface area (Å²) in [6, 6.07) is 9.44. The molecule has 0 bridgehead atoms. The number of anilines is 1. The van der Waals surface area contributed by atoms with E-state index < -0.39 is 0 Å². The Morgan fingerprint density at radius 3 is 2.43 bits per heavy atom. The van der Waals surface area contributed by atoms with Crippen LogP contribution in [0, 0.1) is 5.82 Å². The molecule has 11 heteroatoms. The van der Waals surface area contributed by atoms with Crippen LogP contribution in [-0.2, 0) is 23.3 Å². The van der Waals surface area contributed by atoms with Crippen molar-refractivity contribution in [3.63, 3.8) is 0 Å². The number of hydrogen-bond donors (Lipinski definition) is 1. The van der Waals surface area contributed by atoms with Crippen molar-refractivity contribution in [3.8, 4) is 0 Å². The number of benzene rings is 2. The Morgan fingerprint density at radius 1 is 1.10 bits per heavy atom. The smallest absolute Gasteiger partial charge is 0.234 e. The predicted molar refractivity (Wildman–Crippen MR) is 123 cm³/mol. The highest BCUT2D eigenvalue weighted by Crippen LogP contribution is 2.33. The summed E-state index contributed by atoms with van der Waals surface area (Å²) in [6.07, 6.45) is 0. The molecule has 0 atom stereocenters. The van der Waals surface area contributed by atoms with Crippen molar-refractivity contribution < 1.29 is 9.18 Å². The van der Waals surface area contributed by atoms with Gasteiger partial charge in [0, 0.05) is 17.8 Å². The lowest BCUT2D eigenvalue weighted by atomic mass is 10.2. The van der Waals surface area contributed by atoms with Crippen molar-refractivity contribution in [1.82, 2.24) is 14.8 Å². The van der Waals surface area contributed by atoms with E-state index in [2.05, 4.69) is 15.5 Å². The monoisotopic (exact) mass is 504 g/mol. The van der Waals surface area contributed by atoms with Crippen LogP contribution in [0.4, 0.5) is 10.1 Å². The van der Waals surface area contributed by atoms with Crippen LogP contribution >= 0.6 is 58.3 Å². The molecule has 0 saturated heterocycles. The molecule has 0 radical (unpaired) electrons. The van der Waals surface area contributed by atoms with E-state index in [9.17, 15) is 9.18 Å². The second-order valence-corrected chi connectivity index (χ2v) is 9.34. The second-order valence-electron chi connectivity index (χ2n) is 6.16. The Kier molecular flexibility index (Phi) is 8.30. The Labute approximate surface area is 196 Å². The maximum atomic E-state index is 13.0. The molecule has 0 saturated carbocycles. The van der Waals surface area contributed by atoms with E-state index in [0.717, 1.165) is 17.1 Å². The summed E-state index contributed by atoms with van der Waals surface area (Å²) < 4.78 is 14.8. The topological polar surface area (TPSA) is 59.8 Å². The van der Waals surface area contributed by atoms with Crippen LogP contribution in [0.15, 0.2) is 41.6 Å². The summed E-state index contributed by atoms with van der Waals surface area (Å²) in [6.45, 7) is 0. The number of thioether (sulfide) groups is 2. The van der Waals surface area contributed by atoms with E-state index >= 15 is 0 Å². The number of nitrogens with one attached hydrogen (secondary N) is 1. The van der Waals surface area contributed by atoms with Crippen LogP contribution in [0.2, 0.25) is 15.1 Å². The maximum Gasteiger partial charge on any atom is 0.234 e. The molecule has 1 amide bonds. The summed E-state index contributed by atoms with van der Waals surface area (Å²) in [5.41, 5.74) is 1.36. The van der Waals surface area contributed by atoms with Gasteiger partial charge < -0.3 is 9.88 Å². The quantitative estimate of drug-likeness (QED) is 0.376. The molecule has 0 spiro atoms. The summed E-state index contributed by atoms with van der Waals surface area (Å²) >= 11 is 21.0. The largest absolute Gasteiger partial charge is 0.323 e. The molecule has 0 fully saturated rings. The zero-order valence-electron chi connectivity index (χ0n) is 15.7. The van der Waals surface area contributed by atoms with Gasteiger partial charge in [0.15, 0.2) is 5.16 Å². The number of aromatic nitrogens is 3. The van der Waals surface area contributed by atoms with Crippen LogP contribution in [0.3, 0.4) is 0 Å². The maximum absolute atomic E-state index is 13.0. The van der Waals surface area contributed by atoms with Crippen molar-refractivity contribution in [1.29, 1.82) is 0 Å². The Morgan fingerprint density at radius 2 is 1.77 bits per heavy atom. The van der Waals surface area contributed by atoms with E-state index in [-0.39, 0.29) is 27.5 Å². The van der Waals surface area contributed by atoms with Crippen LogP contribution in [0.1, 0.15) is 11.4 Å². The molecular weight excluding hydrogens is 490 g/mol. The van der Waals surface area contributed by atoms with Crippen molar-refractivity contribution >= 4 is 69.9 Å². The van der Waals surface area contributed by atoms with E-state index in [1.165, 1.54) is 36.0 Å². The zero-order chi connectivity index (χ0) is 21.7. The van der Waals surface area contributed by atoms with Gasteiger partial charge in [-0.15, -0.1) is 22.0 Å². The van der Waals surface area contributed by atoms with Crippen LogP contribution in [-0.4, -0.2) is 26.4 Å². The SMILES string of the molecule is Cn1c(CSCc2ccc(F)cc2)nnc1SCC(=O)Nc1c(Cl)cc(Cl)cc1Cl. The van der Waals surface area contributed by atoms with Gasteiger partial charge in [0.1, 0.15) is 11.6 Å². The molecule has 0 aliphatic carbocycles. The number of rotatable bonds is 8. The van der Waals surface area contributed by atoms with Crippen LogP contribution < -0.4 is 5.32 Å². The van der Waals surface area contributed by atoms with Gasteiger partial charge in [-0.2, -0.15) is 0 Å². The first kappa shape index (κ1) is 23.2. The highest BCUT2D eigenvalue weighted by atomic mass is 35.5. The van der Waals surface area contributed by atoms with Crippen LogP contribution in [0.25, 0.3) is 0 Å². The fourth-order valence-electron chi connectivity index (χ4n) is 2.40. The summed E-state index contributed by atoms with van der Waals surface area (Å²) in [4.78, 5) is 12.3. The van der Waals surface area contributed by atoms with Gasteiger partial charge in [-0.3, -0.25) is 4.79 Å². The molecule has 0 unspecified atom stereocenters. The predicted octanol–water partition coefficient (Wildman–Crippen LogP) is 6.08. The third-order valence-corrected chi connectivity index (χ3v) is 6.78. The number of hydrogen-bond acceptors (Lipinski definition) is 5. The van der Waals surface area contributed by atoms with E-state index in [1.54, 1.807) is 23.9 Å². The lowest BCUT2D eigenvalue weighted by molar-refractivity contribution is -0.113. The number of carbonyl (C=O) groups excluding carboxylic acids is 1. The van der Waals surface area contributed by atoms with Gasteiger partial charge in [-0.25, -0.2) is 4.39 Å². The Hall–Kier alpha value is -1.45. The summed E-state index contributed by atoms with van der Waals surface area (Å²) in [7, 11) is 1.85. The highest BCUT2D eigenvalue weighted by molar-refractivity contribution is 7.99. The fourth-order valence-corrected chi connectivity index (χ4v) is 5.01. The number of nitrogens with zero attached hydrogens (tertiary/aromatic N) is 3. The Balaban J connectivity index is 1.51. The van der Waals surface area contributed by atoms with E-state index in [0.29, 0.717) is 21.6 Å². The minimum atomic E-state index is -0.277. The fraction of sp³-hybridized carbons (Fsp3) is 0.211. The number of carbonyl (C=O) groups is 1. The standard InChI is InChI=1S/C19H16Cl3FN4OS2/c1-27-16(9-29-8-11-2-4-13(23)5-3-11)25-26-19(27)30-10-17(28)24-18-14(21)6-12(20)7-15(18)22/h2-7H,8-10H2,1H3,(H,24,28). The first-order valence-corrected chi connectivity index (χ1v) is 11.9. The van der Waals surface area contributed by atoms with E-state index in [4.69, 9.17) is 34.8 Å². The lowest BCUT2D eigenvalue weighted by Crippen LogP contribution is -2.15. The van der Waals surface area contributed by atoms with Gasteiger partial charge in [-0.1, -0.05) is 58.7 Å². The molecule has 30 heavy (non-hydrogen) atoms. The minimum absolute atomic E-state index is 0.115. The van der Waals surface area contributed by atoms with E-state index in [1.807, 2.05) is 11.6 Å². The molecule has 2 aromatic carbocycles. The van der Waals surface area contributed by atoms with Gasteiger partial charge in [0.25, 0.3) is 0 Å².